The first-order valence-corrected chi connectivity index (χ1v) is 11.4. The summed E-state index contributed by atoms with van der Waals surface area (Å²) in [5, 5.41) is 1.43. The van der Waals surface area contributed by atoms with Crippen LogP contribution >= 0.6 is 34.8 Å². The van der Waals surface area contributed by atoms with Crippen molar-refractivity contribution in [1.29, 1.82) is 0 Å². The van der Waals surface area contributed by atoms with Crippen LogP contribution in [-0.4, -0.2) is 31.2 Å². The van der Waals surface area contributed by atoms with Gasteiger partial charge in [0.05, 0.1) is 0 Å². The molecule has 3 nitrogen and oxygen atoms in total. The van der Waals surface area contributed by atoms with Crippen LogP contribution in [0.25, 0.3) is 0 Å². The minimum absolute atomic E-state index is 0.0554. The third-order valence-electron chi connectivity index (χ3n) is 5.77. The van der Waals surface area contributed by atoms with Gasteiger partial charge in [-0.1, -0.05) is 47.5 Å². The van der Waals surface area contributed by atoms with Crippen molar-refractivity contribution in [2.75, 3.05) is 19.6 Å². The summed E-state index contributed by atoms with van der Waals surface area (Å²) in [6.07, 6.45) is 4.08. The molecule has 160 valence electrons. The van der Waals surface area contributed by atoms with E-state index in [1.54, 1.807) is 7.11 Å². The molecule has 2 aliphatic carbocycles. The number of benzene rings is 2. The predicted octanol–water partition coefficient (Wildman–Crippen LogP) is 6.45. The Bertz CT molecular complexity index is 850. The Labute approximate surface area is 192 Å². The Morgan fingerprint density at radius 2 is 1.37 bits per heavy atom. The van der Waals surface area contributed by atoms with Crippen molar-refractivity contribution < 1.29 is 14.3 Å². The first-order valence-electron chi connectivity index (χ1n) is 10.2. The molecule has 30 heavy (non-hydrogen) atoms. The molecule has 0 aliphatic heterocycles. The summed E-state index contributed by atoms with van der Waals surface area (Å²) in [6.45, 7) is 0.627. The normalized spacial score (nSPS) is 19.3. The van der Waals surface area contributed by atoms with E-state index >= 15 is 0 Å². The Morgan fingerprint density at radius 1 is 0.867 bits per heavy atom. The molecule has 0 N–H and O–H groups in total. The summed E-state index contributed by atoms with van der Waals surface area (Å²) >= 11 is 17.7. The molecular weight excluding hydrogens is 443 g/mol. The van der Waals surface area contributed by atoms with E-state index in [9.17, 15) is 9.59 Å². The molecule has 0 saturated heterocycles. The van der Waals surface area contributed by atoms with Crippen molar-refractivity contribution in [1.82, 2.24) is 0 Å². The predicted molar refractivity (Wildman–Crippen MR) is 122 cm³/mol. The minimum Gasteiger partial charge on any atom is -0.385 e. The van der Waals surface area contributed by atoms with E-state index in [0.29, 0.717) is 22.5 Å². The van der Waals surface area contributed by atoms with Crippen molar-refractivity contribution in [3.05, 3.63) is 68.7 Å². The summed E-state index contributed by atoms with van der Waals surface area (Å²) < 4.78 is 5.00. The number of fused-ring (bicyclic) bond motifs is 2. The number of hydrogen-bond acceptors (Lipinski definition) is 3. The maximum atomic E-state index is 12.0. The molecule has 0 radical (unpaired) electrons. The highest BCUT2D eigenvalue weighted by molar-refractivity contribution is 6.32. The zero-order valence-electron chi connectivity index (χ0n) is 16.9. The second-order valence-corrected chi connectivity index (χ2v) is 8.87. The quantitative estimate of drug-likeness (QED) is 0.459. The van der Waals surface area contributed by atoms with Gasteiger partial charge in [0.15, 0.2) is 11.6 Å². The standard InChI is InChI=1S/C12H12Cl2O.C12H13ClO2/c13-6-2-3-8-7-10-9(12(8)15)4-1-5-11(10)14;1-15-6-5-8-7-10-9(12(8)14)3-2-4-11(10)13/h1,4-5,8H,2-3,6-7H2;2-4,8H,5-7H2,1H3. The first-order chi connectivity index (χ1) is 14.5. The third kappa shape index (κ3) is 5.08. The molecule has 6 heteroatoms. The molecule has 0 bridgehead atoms. The average Bonchev–Trinajstić information content (AvgIpc) is 3.24. The Hall–Kier alpha value is -1.39. The molecule has 2 atom stereocenters. The zero-order valence-corrected chi connectivity index (χ0v) is 19.2. The fraction of sp³-hybridized carbons (Fsp3) is 0.417. The lowest BCUT2D eigenvalue weighted by Crippen LogP contribution is -2.11. The minimum atomic E-state index is 0.0554. The molecule has 0 heterocycles. The van der Waals surface area contributed by atoms with Gasteiger partial charge in [-0.25, -0.2) is 0 Å². The number of Topliss-reactive ketones (excluding diaryl/α,β-unsaturated/α-hetero) is 2. The second kappa shape index (κ2) is 10.8. The molecule has 2 unspecified atom stereocenters. The summed E-state index contributed by atoms with van der Waals surface area (Å²) in [5.74, 6) is 1.22. The van der Waals surface area contributed by atoms with Gasteiger partial charge in [0.1, 0.15) is 0 Å². The number of ether oxygens (including phenoxy) is 1. The smallest absolute Gasteiger partial charge is 0.166 e. The summed E-state index contributed by atoms with van der Waals surface area (Å²) in [6, 6.07) is 11.1. The fourth-order valence-corrected chi connectivity index (χ4v) is 4.82. The number of alkyl halides is 1. The van der Waals surface area contributed by atoms with E-state index in [4.69, 9.17) is 39.5 Å². The van der Waals surface area contributed by atoms with Crippen LogP contribution in [0.1, 0.15) is 51.1 Å². The highest BCUT2D eigenvalue weighted by Crippen LogP contribution is 2.34. The third-order valence-corrected chi connectivity index (χ3v) is 6.74. The highest BCUT2D eigenvalue weighted by atomic mass is 35.5. The van der Waals surface area contributed by atoms with Gasteiger partial charge >= 0.3 is 0 Å². The maximum absolute atomic E-state index is 12.0. The molecule has 0 fully saturated rings. The van der Waals surface area contributed by atoms with Crippen molar-refractivity contribution in [2.24, 2.45) is 11.8 Å². The van der Waals surface area contributed by atoms with Crippen LogP contribution in [0.5, 0.6) is 0 Å². The van der Waals surface area contributed by atoms with Crippen LogP contribution in [0.3, 0.4) is 0 Å². The molecule has 0 spiro atoms. The van der Waals surface area contributed by atoms with Crippen LogP contribution < -0.4 is 0 Å². The van der Waals surface area contributed by atoms with Crippen molar-refractivity contribution in [2.45, 2.75) is 32.1 Å². The maximum Gasteiger partial charge on any atom is 0.166 e. The van der Waals surface area contributed by atoms with Gasteiger partial charge in [-0.15, -0.1) is 11.6 Å². The molecular formula is C24H25Cl3O3. The van der Waals surface area contributed by atoms with Gasteiger partial charge in [-0.2, -0.15) is 0 Å². The fourth-order valence-electron chi connectivity index (χ4n) is 4.16. The van der Waals surface area contributed by atoms with Crippen molar-refractivity contribution >= 4 is 46.4 Å². The molecule has 4 rings (SSSR count). The number of halogens is 3. The number of rotatable bonds is 6. The lowest BCUT2D eigenvalue weighted by molar-refractivity contribution is 0.0898. The number of carbonyl (C=O) groups excluding carboxylic acids is 2. The lowest BCUT2D eigenvalue weighted by atomic mass is 10.00. The Balaban J connectivity index is 0.000000171. The molecule has 0 aromatic heterocycles. The summed E-state index contributed by atoms with van der Waals surface area (Å²) in [7, 11) is 1.65. The summed E-state index contributed by atoms with van der Waals surface area (Å²) in [4.78, 5) is 23.9. The molecule has 2 aromatic rings. The summed E-state index contributed by atoms with van der Waals surface area (Å²) in [5.41, 5.74) is 3.62. The van der Waals surface area contributed by atoms with Crippen LogP contribution in [0.15, 0.2) is 36.4 Å². The van der Waals surface area contributed by atoms with E-state index in [-0.39, 0.29) is 23.4 Å². The monoisotopic (exact) mass is 466 g/mol. The number of carbonyl (C=O) groups is 2. The van der Waals surface area contributed by atoms with Gasteiger partial charge < -0.3 is 4.74 Å². The second-order valence-electron chi connectivity index (χ2n) is 7.68. The van der Waals surface area contributed by atoms with Crippen molar-refractivity contribution in [3.63, 3.8) is 0 Å². The van der Waals surface area contributed by atoms with E-state index in [1.807, 2.05) is 36.4 Å². The molecule has 0 amide bonds. The SMILES string of the molecule is COCCC1Cc2c(Cl)cccc2C1=O.O=C1c2cccc(Cl)c2CC1CCCCl. The zero-order chi connectivity index (χ0) is 21.7. The first kappa shape index (κ1) is 23.3. The highest BCUT2D eigenvalue weighted by Gasteiger charge is 2.32. The Morgan fingerprint density at radius 3 is 1.80 bits per heavy atom. The van der Waals surface area contributed by atoms with Crippen LogP contribution in [-0.2, 0) is 17.6 Å². The largest absolute Gasteiger partial charge is 0.385 e. The van der Waals surface area contributed by atoms with Crippen molar-refractivity contribution in [3.8, 4) is 0 Å². The number of hydrogen-bond donors (Lipinski definition) is 0. The van der Waals surface area contributed by atoms with Gasteiger partial charge in [0.2, 0.25) is 0 Å². The number of methoxy groups -OCH3 is 1. The molecule has 0 saturated carbocycles. The van der Waals surface area contributed by atoms with Gasteiger partial charge in [0.25, 0.3) is 0 Å². The molecule has 2 aliphatic rings. The van der Waals surface area contributed by atoms with Crippen LogP contribution in [0.4, 0.5) is 0 Å². The topological polar surface area (TPSA) is 43.4 Å². The van der Waals surface area contributed by atoms with Gasteiger partial charge in [-0.05, 0) is 55.4 Å². The van der Waals surface area contributed by atoms with E-state index in [0.717, 1.165) is 54.4 Å². The van der Waals surface area contributed by atoms with Crippen LogP contribution in [0.2, 0.25) is 10.0 Å². The van der Waals surface area contributed by atoms with Crippen LogP contribution in [0, 0.1) is 11.8 Å². The van der Waals surface area contributed by atoms with E-state index < -0.39 is 0 Å². The average molecular weight is 468 g/mol. The van der Waals surface area contributed by atoms with Gasteiger partial charge in [0, 0.05) is 52.6 Å². The van der Waals surface area contributed by atoms with E-state index in [1.165, 1.54) is 0 Å². The lowest BCUT2D eigenvalue weighted by Gasteiger charge is -2.05. The Kier molecular flexibility index (Phi) is 8.35. The number of ketones is 2. The van der Waals surface area contributed by atoms with Gasteiger partial charge in [-0.3, -0.25) is 9.59 Å². The molecule has 2 aromatic carbocycles. The van der Waals surface area contributed by atoms with E-state index in [2.05, 4.69) is 0 Å².